The largest absolute Gasteiger partial charge is 0.329 e. The average molecular weight is 234 g/mol. The smallest absolute Gasteiger partial charge is 0.321 e. The molecule has 6 nitrogen and oxygen atoms in total. The zero-order valence-corrected chi connectivity index (χ0v) is 9.59. The first-order chi connectivity index (χ1) is 8.22. The van der Waals surface area contributed by atoms with Gasteiger partial charge >= 0.3 is 12.0 Å². The highest BCUT2D eigenvalue weighted by atomic mass is 16.5. The van der Waals surface area contributed by atoms with Crippen molar-refractivity contribution in [2.75, 3.05) is 11.9 Å². The fourth-order valence-electron chi connectivity index (χ4n) is 3.58. The molecule has 2 bridgehead atoms. The average Bonchev–Trinajstić information content (AvgIpc) is 2.68. The Morgan fingerprint density at radius 2 is 2.35 bits per heavy atom. The summed E-state index contributed by atoms with van der Waals surface area (Å²) in [6.45, 7) is 2.62. The molecule has 4 rings (SSSR count). The van der Waals surface area contributed by atoms with Crippen LogP contribution in [-0.4, -0.2) is 33.7 Å². The zero-order valence-electron chi connectivity index (χ0n) is 9.59. The van der Waals surface area contributed by atoms with Crippen LogP contribution in [0.4, 0.5) is 10.8 Å². The van der Waals surface area contributed by atoms with E-state index in [1.165, 1.54) is 12.8 Å². The number of carbonyl (C=O) groups excluding carboxylic acids is 1. The Balaban J connectivity index is 1.47. The van der Waals surface area contributed by atoms with Gasteiger partial charge in [0.25, 0.3) is 0 Å². The highest BCUT2D eigenvalue weighted by Gasteiger charge is 2.61. The number of nitrogens with one attached hydrogen (secondary N) is 1. The second-order valence-corrected chi connectivity index (χ2v) is 5.36. The van der Waals surface area contributed by atoms with Gasteiger partial charge in [-0.15, -0.1) is 0 Å². The minimum absolute atomic E-state index is 0.0912. The number of aromatic nitrogens is 2. The van der Waals surface area contributed by atoms with Gasteiger partial charge in [0.05, 0.1) is 0 Å². The van der Waals surface area contributed by atoms with E-state index >= 15 is 0 Å². The predicted molar refractivity (Wildman–Crippen MR) is 58.3 cm³/mol. The Labute approximate surface area is 98.4 Å². The number of rotatable bonds is 1. The highest BCUT2D eigenvalue weighted by molar-refractivity contribution is 5.87. The SMILES string of the molecule is Cc1noc(NC(=O)N2C[C@@H]3C[C@H]2[C@H]2C[C@@H]32)n1. The lowest BCUT2D eigenvalue weighted by molar-refractivity contribution is 0.189. The molecule has 1 aliphatic heterocycles. The third-order valence-corrected chi connectivity index (χ3v) is 4.37. The summed E-state index contributed by atoms with van der Waals surface area (Å²) >= 11 is 0. The molecule has 3 aliphatic rings. The van der Waals surface area contributed by atoms with Crippen LogP contribution in [0.2, 0.25) is 0 Å². The molecule has 1 N–H and O–H groups in total. The summed E-state index contributed by atoms with van der Waals surface area (Å²) < 4.78 is 4.89. The molecule has 0 radical (unpaired) electrons. The van der Waals surface area contributed by atoms with Crippen LogP contribution in [0.25, 0.3) is 0 Å². The van der Waals surface area contributed by atoms with Gasteiger partial charge in [0.2, 0.25) is 0 Å². The van der Waals surface area contributed by atoms with Gasteiger partial charge < -0.3 is 9.42 Å². The predicted octanol–water partition coefficient (Wildman–Crippen LogP) is 1.25. The number of hydrogen-bond donors (Lipinski definition) is 1. The molecule has 3 fully saturated rings. The van der Waals surface area contributed by atoms with Crippen molar-refractivity contribution in [1.29, 1.82) is 0 Å². The summed E-state index contributed by atoms with van der Waals surface area (Å²) in [5, 5.41) is 6.32. The number of fused-ring (bicyclic) bond motifs is 5. The van der Waals surface area contributed by atoms with Crippen molar-refractivity contribution in [3.63, 3.8) is 0 Å². The van der Waals surface area contributed by atoms with Gasteiger partial charge in [0.15, 0.2) is 5.82 Å². The van der Waals surface area contributed by atoms with Gasteiger partial charge in [-0.25, -0.2) is 4.79 Å². The van der Waals surface area contributed by atoms with Crippen molar-refractivity contribution in [2.45, 2.75) is 25.8 Å². The van der Waals surface area contributed by atoms with E-state index < -0.39 is 0 Å². The van der Waals surface area contributed by atoms with Gasteiger partial charge in [-0.2, -0.15) is 4.98 Å². The molecule has 6 heteroatoms. The fourth-order valence-corrected chi connectivity index (χ4v) is 3.58. The van der Waals surface area contributed by atoms with Gasteiger partial charge in [0.1, 0.15) is 0 Å². The Bertz CT molecular complexity index is 486. The Morgan fingerprint density at radius 1 is 1.47 bits per heavy atom. The van der Waals surface area contributed by atoms with Crippen LogP contribution in [0.15, 0.2) is 4.52 Å². The van der Waals surface area contributed by atoms with E-state index in [0.717, 1.165) is 24.3 Å². The monoisotopic (exact) mass is 234 g/mol. The maximum Gasteiger partial charge on any atom is 0.329 e. The normalized spacial score (nSPS) is 37.1. The van der Waals surface area contributed by atoms with Crippen LogP contribution >= 0.6 is 0 Å². The van der Waals surface area contributed by atoms with Crippen molar-refractivity contribution in [3.05, 3.63) is 5.82 Å². The van der Waals surface area contributed by atoms with Gasteiger partial charge in [0, 0.05) is 12.6 Å². The van der Waals surface area contributed by atoms with E-state index in [4.69, 9.17) is 4.52 Å². The molecular formula is C11H14N4O2. The van der Waals surface area contributed by atoms with Crippen LogP contribution in [-0.2, 0) is 0 Å². The van der Waals surface area contributed by atoms with Crippen molar-refractivity contribution >= 4 is 12.0 Å². The Kier molecular flexibility index (Phi) is 1.66. The lowest BCUT2D eigenvalue weighted by atomic mass is 10.1. The summed E-state index contributed by atoms with van der Waals surface area (Å²) in [6.07, 6.45) is 2.50. The van der Waals surface area contributed by atoms with Gasteiger partial charge in [-0.1, -0.05) is 5.16 Å². The van der Waals surface area contributed by atoms with E-state index in [9.17, 15) is 4.79 Å². The quantitative estimate of drug-likeness (QED) is 0.793. The number of piperidine rings is 1. The molecule has 90 valence electrons. The number of hydrogen-bond acceptors (Lipinski definition) is 4. The minimum Gasteiger partial charge on any atom is -0.321 e. The maximum absolute atomic E-state index is 12.1. The molecule has 2 amide bonds. The number of likely N-dealkylation sites (tertiary alicyclic amines) is 1. The number of aryl methyl sites for hydroxylation is 1. The minimum atomic E-state index is -0.0912. The molecule has 1 aromatic rings. The van der Waals surface area contributed by atoms with Crippen LogP contribution < -0.4 is 5.32 Å². The zero-order chi connectivity index (χ0) is 11.6. The lowest BCUT2D eigenvalue weighted by Gasteiger charge is -2.26. The molecular weight excluding hydrogens is 220 g/mol. The molecule has 0 spiro atoms. The van der Waals surface area contributed by atoms with E-state index in [-0.39, 0.29) is 12.0 Å². The van der Waals surface area contributed by atoms with E-state index in [2.05, 4.69) is 15.5 Å². The van der Waals surface area contributed by atoms with Crippen molar-refractivity contribution < 1.29 is 9.32 Å². The first kappa shape index (κ1) is 9.44. The van der Waals surface area contributed by atoms with Crippen LogP contribution in [0.1, 0.15) is 18.7 Å². The number of anilines is 1. The van der Waals surface area contributed by atoms with E-state index in [0.29, 0.717) is 11.9 Å². The van der Waals surface area contributed by atoms with Gasteiger partial charge in [-0.05, 0) is 37.5 Å². The van der Waals surface area contributed by atoms with Crippen molar-refractivity contribution in [3.8, 4) is 0 Å². The second kappa shape index (κ2) is 3.00. The summed E-state index contributed by atoms with van der Waals surface area (Å²) in [7, 11) is 0. The van der Waals surface area contributed by atoms with Crippen LogP contribution in [0, 0.1) is 24.7 Å². The second-order valence-electron chi connectivity index (χ2n) is 5.36. The molecule has 2 aliphatic carbocycles. The number of carbonyl (C=O) groups is 1. The number of amides is 2. The van der Waals surface area contributed by atoms with E-state index in [1.807, 2.05) is 4.90 Å². The molecule has 0 unspecified atom stereocenters. The summed E-state index contributed by atoms with van der Waals surface area (Å²) in [5.74, 6) is 2.95. The summed E-state index contributed by atoms with van der Waals surface area (Å²) in [6, 6.07) is 0.558. The number of urea groups is 1. The van der Waals surface area contributed by atoms with Crippen LogP contribution in [0.3, 0.4) is 0 Å². The lowest BCUT2D eigenvalue weighted by Crippen LogP contribution is -2.41. The number of nitrogens with zero attached hydrogens (tertiary/aromatic N) is 3. The van der Waals surface area contributed by atoms with Gasteiger partial charge in [-0.3, -0.25) is 5.32 Å². The topological polar surface area (TPSA) is 71.3 Å². The molecule has 1 saturated heterocycles. The Hall–Kier alpha value is -1.59. The highest BCUT2D eigenvalue weighted by Crippen LogP contribution is 2.61. The van der Waals surface area contributed by atoms with Crippen LogP contribution in [0.5, 0.6) is 0 Å². The first-order valence-electron chi connectivity index (χ1n) is 6.10. The molecule has 4 atom stereocenters. The molecule has 17 heavy (non-hydrogen) atoms. The third-order valence-electron chi connectivity index (χ3n) is 4.37. The third kappa shape index (κ3) is 1.29. The molecule has 1 aromatic heterocycles. The summed E-state index contributed by atoms with van der Waals surface area (Å²) in [5.41, 5.74) is 0. The standard InChI is InChI=1S/C11H14N4O2/c1-5-12-10(17-14-5)13-11(16)15-4-6-2-9(15)8-3-7(6)8/h6-9H,2-4H2,1H3,(H,12,13,14,16)/t6-,7-,8-,9-/m0/s1. The maximum atomic E-state index is 12.1. The van der Waals surface area contributed by atoms with Crippen molar-refractivity contribution in [2.24, 2.45) is 17.8 Å². The molecule has 0 aromatic carbocycles. The fraction of sp³-hybridized carbons (Fsp3) is 0.727. The Morgan fingerprint density at radius 3 is 3.00 bits per heavy atom. The first-order valence-corrected chi connectivity index (χ1v) is 6.10. The summed E-state index contributed by atoms with van der Waals surface area (Å²) in [4.78, 5) is 18.0. The van der Waals surface area contributed by atoms with E-state index in [1.54, 1.807) is 6.92 Å². The molecule has 2 heterocycles. The molecule has 2 saturated carbocycles. The van der Waals surface area contributed by atoms with Crippen molar-refractivity contribution in [1.82, 2.24) is 15.0 Å².